The highest BCUT2D eigenvalue weighted by atomic mass is 32.1. The van der Waals surface area contributed by atoms with E-state index < -0.39 is 0 Å². The van der Waals surface area contributed by atoms with Gasteiger partial charge in [-0.2, -0.15) is 0 Å². The fourth-order valence-electron chi connectivity index (χ4n) is 4.14. The highest BCUT2D eigenvalue weighted by Gasteiger charge is 2.26. The van der Waals surface area contributed by atoms with Crippen molar-refractivity contribution >= 4 is 33.3 Å². The molecule has 1 amide bonds. The number of amides is 1. The molecule has 4 rings (SSSR count). The van der Waals surface area contributed by atoms with E-state index in [1.165, 1.54) is 28.7 Å². The molecule has 1 fully saturated rings. The second kappa shape index (κ2) is 8.10. The maximum absolute atomic E-state index is 12.0. The van der Waals surface area contributed by atoms with Gasteiger partial charge in [0.2, 0.25) is 5.91 Å². The summed E-state index contributed by atoms with van der Waals surface area (Å²) in [5, 5.41) is 4.26. The van der Waals surface area contributed by atoms with Gasteiger partial charge < -0.3 is 10.2 Å². The van der Waals surface area contributed by atoms with Crippen molar-refractivity contribution in [1.29, 1.82) is 0 Å². The Hall–Kier alpha value is -1.73. The lowest BCUT2D eigenvalue weighted by molar-refractivity contribution is -0.122. The first kappa shape index (κ1) is 18.6. The molecule has 1 atom stereocenters. The minimum atomic E-state index is 0.135. The summed E-state index contributed by atoms with van der Waals surface area (Å²) in [6, 6.07) is 0. The van der Waals surface area contributed by atoms with Gasteiger partial charge in [0, 0.05) is 37.6 Å². The number of carbonyl (C=O) groups excluding carboxylic acids is 1. The van der Waals surface area contributed by atoms with E-state index in [9.17, 15) is 4.79 Å². The largest absolute Gasteiger partial charge is 0.355 e. The molecule has 2 aliphatic rings. The number of thiophene rings is 1. The number of nitrogens with one attached hydrogen (secondary N) is 1. The minimum absolute atomic E-state index is 0.135. The molecule has 0 aromatic carbocycles. The molecule has 6 nitrogen and oxygen atoms in total. The zero-order chi connectivity index (χ0) is 18.8. The highest BCUT2D eigenvalue weighted by Crippen LogP contribution is 2.40. The third-order valence-corrected chi connectivity index (χ3v) is 6.85. The van der Waals surface area contributed by atoms with Gasteiger partial charge in [0.1, 0.15) is 17.0 Å². The maximum Gasteiger partial charge on any atom is 0.234 e. The molecule has 146 valence electrons. The molecule has 1 aliphatic heterocycles. The van der Waals surface area contributed by atoms with Crippen LogP contribution in [-0.4, -0.2) is 60.0 Å². The third kappa shape index (κ3) is 3.94. The lowest BCUT2D eigenvalue weighted by atomic mass is 9.89. The van der Waals surface area contributed by atoms with E-state index in [1.807, 2.05) is 11.3 Å². The molecule has 0 radical (unpaired) electrons. The van der Waals surface area contributed by atoms with Gasteiger partial charge >= 0.3 is 0 Å². The average molecular weight is 388 g/mol. The van der Waals surface area contributed by atoms with E-state index in [2.05, 4.69) is 38.9 Å². The van der Waals surface area contributed by atoms with Crippen molar-refractivity contribution in [2.24, 2.45) is 5.92 Å². The van der Waals surface area contributed by atoms with Crippen molar-refractivity contribution < 1.29 is 4.79 Å². The van der Waals surface area contributed by atoms with E-state index in [4.69, 9.17) is 0 Å². The molecular formula is C20H29N5OS. The Kier molecular flexibility index (Phi) is 5.59. The first-order valence-corrected chi connectivity index (χ1v) is 11.0. The van der Waals surface area contributed by atoms with Crippen molar-refractivity contribution in [3.63, 3.8) is 0 Å². The SMILES string of the molecule is CCCNC(=O)CN1CCN(c2ncnc3sc4c(c23)CC[C@@H](C)C4)CC1. The molecule has 3 heterocycles. The molecule has 0 bridgehead atoms. The molecule has 27 heavy (non-hydrogen) atoms. The Morgan fingerprint density at radius 3 is 2.89 bits per heavy atom. The first-order valence-electron chi connectivity index (χ1n) is 10.1. The summed E-state index contributed by atoms with van der Waals surface area (Å²) in [6.07, 6.45) is 6.28. The number of piperazine rings is 1. The van der Waals surface area contributed by atoms with Crippen LogP contribution >= 0.6 is 11.3 Å². The molecule has 0 spiro atoms. The van der Waals surface area contributed by atoms with Gasteiger partial charge in [0.05, 0.1) is 11.9 Å². The van der Waals surface area contributed by atoms with Crippen molar-refractivity contribution in [2.75, 3.05) is 44.2 Å². The van der Waals surface area contributed by atoms with Crippen LogP contribution in [0.1, 0.15) is 37.1 Å². The predicted octanol–water partition coefficient (Wildman–Crippen LogP) is 2.46. The number of nitrogens with zero attached hydrogens (tertiary/aromatic N) is 4. The van der Waals surface area contributed by atoms with Crippen molar-refractivity contribution in [1.82, 2.24) is 20.2 Å². The Morgan fingerprint density at radius 1 is 1.30 bits per heavy atom. The van der Waals surface area contributed by atoms with Crippen LogP contribution in [0.3, 0.4) is 0 Å². The lowest BCUT2D eigenvalue weighted by Crippen LogP contribution is -2.49. The van der Waals surface area contributed by atoms with Gasteiger partial charge in [-0.15, -0.1) is 11.3 Å². The molecule has 2 aromatic rings. The molecule has 1 N–H and O–H groups in total. The standard InChI is InChI=1S/C20H29N5OS/c1-3-6-21-17(26)12-24-7-9-25(10-8-24)19-18-15-5-4-14(2)11-16(15)27-20(18)23-13-22-19/h13-14H,3-12H2,1-2H3,(H,21,26)/t14-/m1/s1. The van der Waals surface area contributed by atoms with E-state index in [1.54, 1.807) is 6.33 Å². The molecule has 0 unspecified atom stereocenters. The summed E-state index contributed by atoms with van der Waals surface area (Å²) in [6.45, 7) is 9.30. The normalized spacial score (nSPS) is 20.7. The third-order valence-electron chi connectivity index (χ3n) is 5.68. The molecule has 1 saturated heterocycles. The second-order valence-electron chi connectivity index (χ2n) is 7.84. The van der Waals surface area contributed by atoms with Crippen LogP contribution in [0.4, 0.5) is 5.82 Å². The zero-order valence-corrected chi connectivity index (χ0v) is 17.1. The lowest BCUT2D eigenvalue weighted by Gasteiger charge is -2.35. The van der Waals surface area contributed by atoms with Gasteiger partial charge in [-0.1, -0.05) is 13.8 Å². The summed E-state index contributed by atoms with van der Waals surface area (Å²) >= 11 is 1.86. The summed E-state index contributed by atoms with van der Waals surface area (Å²) < 4.78 is 0. The fraction of sp³-hybridized carbons (Fsp3) is 0.650. The Bertz CT molecular complexity index is 812. The van der Waals surface area contributed by atoms with Crippen LogP contribution in [0.2, 0.25) is 0 Å². The Balaban J connectivity index is 1.47. The molecular weight excluding hydrogens is 358 g/mol. The van der Waals surface area contributed by atoms with Crippen molar-refractivity contribution in [2.45, 2.75) is 39.5 Å². The van der Waals surface area contributed by atoms with Crippen molar-refractivity contribution in [3.05, 3.63) is 16.8 Å². The minimum Gasteiger partial charge on any atom is -0.355 e. The monoisotopic (exact) mass is 387 g/mol. The first-order chi connectivity index (χ1) is 13.2. The van der Waals surface area contributed by atoms with Gasteiger partial charge in [-0.05, 0) is 37.2 Å². The second-order valence-corrected chi connectivity index (χ2v) is 8.93. The van der Waals surface area contributed by atoms with Gasteiger partial charge in [0.15, 0.2) is 0 Å². The summed E-state index contributed by atoms with van der Waals surface area (Å²) in [5.41, 5.74) is 1.49. The number of hydrogen-bond acceptors (Lipinski definition) is 6. The molecule has 1 aliphatic carbocycles. The molecule has 2 aromatic heterocycles. The fourth-order valence-corrected chi connectivity index (χ4v) is 5.48. The van der Waals surface area contributed by atoms with E-state index in [-0.39, 0.29) is 5.91 Å². The summed E-state index contributed by atoms with van der Waals surface area (Å²) in [5.74, 6) is 2.00. The number of carbonyl (C=O) groups is 1. The number of fused-ring (bicyclic) bond motifs is 3. The van der Waals surface area contributed by atoms with Crippen LogP contribution in [0.5, 0.6) is 0 Å². The predicted molar refractivity (Wildman–Crippen MR) is 111 cm³/mol. The topological polar surface area (TPSA) is 61.4 Å². The smallest absolute Gasteiger partial charge is 0.234 e. The quantitative estimate of drug-likeness (QED) is 0.854. The number of aryl methyl sites for hydroxylation is 1. The zero-order valence-electron chi connectivity index (χ0n) is 16.3. The van der Waals surface area contributed by atoms with Gasteiger partial charge in [0.25, 0.3) is 0 Å². The molecule has 7 heteroatoms. The Morgan fingerprint density at radius 2 is 2.11 bits per heavy atom. The van der Waals surface area contributed by atoms with E-state index >= 15 is 0 Å². The highest BCUT2D eigenvalue weighted by molar-refractivity contribution is 7.19. The van der Waals surface area contributed by atoms with E-state index in [0.717, 1.165) is 62.1 Å². The number of rotatable bonds is 5. The number of aromatic nitrogens is 2. The van der Waals surface area contributed by atoms with Crippen molar-refractivity contribution in [3.8, 4) is 0 Å². The molecule has 0 saturated carbocycles. The van der Waals surface area contributed by atoms with Crippen LogP contribution in [0.15, 0.2) is 6.33 Å². The Labute approximate surface area is 165 Å². The van der Waals surface area contributed by atoms with Gasteiger partial charge in [-0.25, -0.2) is 9.97 Å². The summed E-state index contributed by atoms with van der Waals surface area (Å²) in [7, 11) is 0. The number of hydrogen-bond donors (Lipinski definition) is 1. The van der Waals surface area contributed by atoms with Crippen LogP contribution < -0.4 is 10.2 Å². The van der Waals surface area contributed by atoms with Crippen LogP contribution in [0, 0.1) is 5.92 Å². The average Bonchev–Trinajstić information content (AvgIpc) is 3.04. The maximum atomic E-state index is 12.0. The van der Waals surface area contributed by atoms with Gasteiger partial charge in [-0.3, -0.25) is 9.69 Å². The van der Waals surface area contributed by atoms with Crippen LogP contribution in [-0.2, 0) is 17.6 Å². The van der Waals surface area contributed by atoms with Crippen LogP contribution in [0.25, 0.3) is 10.2 Å². The number of anilines is 1. The summed E-state index contributed by atoms with van der Waals surface area (Å²) in [4.78, 5) is 28.5. The van der Waals surface area contributed by atoms with E-state index in [0.29, 0.717) is 6.54 Å².